The van der Waals surface area contributed by atoms with Gasteiger partial charge in [-0.3, -0.25) is 0 Å². The molecule has 11 rings (SSSR count). The maximum atomic E-state index is 6.31. The highest BCUT2D eigenvalue weighted by molar-refractivity contribution is 6.09. The van der Waals surface area contributed by atoms with Crippen molar-refractivity contribution in [2.24, 2.45) is 17.8 Å². The summed E-state index contributed by atoms with van der Waals surface area (Å²) >= 11 is 0. The lowest BCUT2D eigenvalue weighted by atomic mass is 9.75. The van der Waals surface area contributed by atoms with Crippen molar-refractivity contribution in [2.75, 3.05) is 11.4 Å². The second-order valence-corrected chi connectivity index (χ2v) is 17.4. The van der Waals surface area contributed by atoms with Crippen molar-refractivity contribution in [3.05, 3.63) is 169 Å². The van der Waals surface area contributed by atoms with Gasteiger partial charge in [0.2, 0.25) is 0 Å². The zero-order valence-corrected chi connectivity index (χ0v) is 32.8. The molecule has 2 fully saturated rings. The summed E-state index contributed by atoms with van der Waals surface area (Å²) in [6, 6.07) is 43.9. The fourth-order valence-corrected chi connectivity index (χ4v) is 11.2. The molecule has 0 amide bonds. The number of nitrogens with zero attached hydrogens (tertiary/aromatic N) is 2. The Hall–Kier alpha value is -5.54. The van der Waals surface area contributed by atoms with Crippen LogP contribution in [0.4, 0.5) is 5.69 Å². The van der Waals surface area contributed by atoms with Gasteiger partial charge in [-0.25, -0.2) is 0 Å². The number of rotatable bonds is 7. The Morgan fingerprint density at radius 3 is 2.33 bits per heavy atom. The van der Waals surface area contributed by atoms with Gasteiger partial charge in [-0.15, -0.1) is 0 Å². The fraction of sp³-hybridized carbons (Fsp3) is 0.296. The molecule has 0 radical (unpaired) electrons. The Morgan fingerprint density at radius 1 is 0.596 bits per heavy atom. The van der Waals surface area contributed by atoms with Crippen LogP contribution in [0, 0.1) is 17.8 Å². The molecule has 0 aliphatic heterocycles. The van der Waals surface area contributed by atoms with Crippen LogP contribution < -0.4 is 4.90 Å². The minimum Gasteiger partial charge on any atom is -0.456 e. The van der Waals surface area contributed by atoms with Gasteiger partial charge in [-0.05, 0) is 128 Å². The SMILES string of the molecule is C1=CC2CCC(n3c4ccccc4c4ccc(C5=CC=CC(N(CC6CCCC(c7ccccc7)CC6)c6ccc7oc8ccccc8c7c6)C5)cc43)CC2C=C1. The van der Waals surface area contributed by atoms with Gasteiger partial charge in [0.25, 0.3) is 0 Å². The standard InChI is InChI=1S/C54H52N2O/c1-2-13-38(14-3-1)39-17-10-12-37(24-25-39)36-55(45-29-31-54-50(35-45)49-21-7-9-23-53(49)57-54)44-19-11-18-42(32-44)43-27-30-48-47-20-6-8-22-51(47)56(52(48)34-43)46-28-26-40-15-4-5-16-41(40)33-46/h1-9,11,13-16,18-23,27,29-31,34-35,37,39-41,44,46H,10,12,17,24-26,28,32-33,36H2. The van der Waals surface area contributed by atoms with Gasteiger partial charge < -0.3 is 13.9 Å². The lowest BCUT2D eigenvalue weighted by molar-refractivity contribution is 0.258. The summed E-state index contributed by atoms with van der Waals surface area (Å²) in [7, 11) is 0. The lowest BCUT2D eigenvalue weighted by Gasteiger charge is -2.37. The Labute approximate surface area is 336 Å². The Bertz CT molecular complexity index is 2700. The van der Waals surface area contributed by atoms with E-state index in [2.05, 4.69) is 167 Å². The van der Waals surface area contributed by atoms with E-state index in [1.54, 1.807) is 0 Å². The molecule has 5 aromatic carbocycles. The first-order chi connectivity index (χ1) is 28.2. The largest absolute Gasteiger partial charge is 0.456 e. The third kappa shape index (κ3) is 6.46. The van der Waals surface area contributed by atoms with E-state index in [0.717, 1.165) is 24.1 Å². The molecule has 7 aromatic rings. The van der Waals surface area contributed by atoms with Crippen LogP contribution in [0.5, 0.6) is 0 Å². The molecule has 57 heavy (non-hydrogen) atoms. The maximum Gasteiger partial charge on any atom is 0.135 e. The van der Waals surface area contributed by atoms with E-state index < -0.39 is 0 Å². The number of aromatic nitrogens is 1. The average molecular weight is 745 g/mol. The highest BCUT2D eigenvalue weighted by Crippen LogP contribution is 2.45. The number of hydrogen-bond acceptors (Lipinski definition) is 2. The first-order valence-corrected chi connectivity index (χ1v) is 21.7. The molecule has 3 heteroatoms. The first kappa shape index (κ1) is 34.7. The third-order valence-electron chi connectivity index (χ3n) is 14.2. The van der Waals surface area contributed by atoms with Crippen LogP contribution >= 0.6 is 0 Å². The van der Waals surface area contributed by atoms with E-state index >= 15 is 0 Å². The van der Waals surface area contributed by atoms with Gasteiger partial charge >= 0.3 is 0 Å². The molecule has 4 aliphatic rings. The summed E-state index contributed by atoms with van der Waals surface area (Å²) in [6.45, 7) is 1.06. The summed E-state index contributed by atoms with van der Waals surface area (Å²) in [6.07, 6.45) is 27.7. The molecule has 2 aromatic heterocycles. The predicted molar refractivity (Wildman–Crippen MR) is 240 cm³/mol. The number of fused-ring (bicyclic) bond motifs is 7. The molecular weight excluding hydrogens is 693 g/mol. The van der Waals surface area contributed by atoms with Crippen LogP contribution in [-0.4, -0.2) is 17.2 Å². The summed E-state index contributed by atoms with van der Waals surface area (Å²) in [4.78, 5) is 2.75. The minimum atomic E-state index is 0.261. The maximum absolute atomic E-state index is 6.31. The van der Waals surface area contributed by atoms with Gasteiger partial charge in [-0.2, -0.15) is 0 Å². The smallest absolute Gasteiger partial charge is 0.135 e. The van der Waals surface area contributed by atoms with Crippen LogP contribution in [-0.2, 0) is 0 Å². The molecule has 3 nitrogen and oxygen atoms in total. The van der Waals surface area contributed by atoms with Crippen molar-refractivity contribution in [3.8, 4) is 0 Å². The molecular formula is C54H52N2O. The summed E-state index contributed by atoms with van der Waals surface area (Å²) in [5, 5.41) is 5.16. The second kappa shape index (κ2) is 14.8. The Morgan fingerprint density at radius 2 is 1.40 bits per heavy atom. The summed E-state index contributed by atoms with van der Waals surface area (Å²) in [5.41, 5.74) is 10.3. The number of para-hydroxylation sites is 2. The number of hydrogen-bond donors (Lipinski definition) is 0. The molecule has 6 unspecified atom stereocenters. The average Bonchev–Trinajstić information content (AvgIpc) is 3.71. The van der Waals surface area contributed by atoms with Crippen LogP contribution in [0.3, 0.4) is 0 Å². The number of anilines is 1. The summed E-state index contributed by atoms with van der Waals surface area (Å²) < 4.78 is 9.04. The number of furan rings is 1. The topological polar surface area (TPSA) is 21.3 Å². The van der Waals surface area contributed by atoms with Crippen molar-refractivity contribution in [2.45, 2.75) is 75.8 Å². The van der Waals surface area contributed by atoms with Crippen molar-refractivity contribution >= 4 is 55.0 Å². The quantitative estimate of drug-likeness (QED) is 0.152. The van der Waals surface area contributed by atoms with E-state index in [1.165, 1.54) is 106 Å². The Kier molecular flexibility index (Phi) is 8.98. The van der Waals surface area contributed by atoms with E-state index in [4.69, 9.17) is 4.42 Å². The molecule has 6 atom stereocenters. The Balaban J connectivity index is 0.929. The number of allylic oxidation sites excluding steroid dienone is 6. The van der Waals surface area contributed by atoms with Gasteiger partial charge in [0.05, 0.1) is 6.04 Å². The van der Waals surface area contributed by atoms with E-state index in [0.29, 0.717) is 29.7 Å². The van der Waals surface area contributed by atoms with Crippen LogP contribution in [0.2, 0.25) is 0 Å². The van der Waals surface area contributed by atoms with Crippen molar-refractivity contribution < 1.29 is 4.42 Å². The predicted octanol–water partition coefficient (Wildman–Crippen LogP) is 14.4. The highest BCUT2D eigenvalue weighted by atomic mass is 16.3. The van der Waals surface area contributed by atoms with Gasteiger partial charge in [0.15, 0.2) is 0 Å². The lowest BCUT2D eigenvalue weighted by Crippen LogP contribution is -2.38. The van der Waals surface area contributed by atoms with Gasteiger partial charge in [0, 0.05) is 50.9 Å². The van der Waals surface area contributed by atoms with Gasteiger partial charge in [-0.1, -0.05) is 128 Å². The zero-order valence-electron chi connectivity index (χ0n) is 32.8. The van der Waals surface area contributed by atoms with E-state index in [-0.39, 0.29) is 6.04 Å². The monoisotopic (exact) mass is 744 g/mol. The molecule has 2 saturated carbocycles. The number of benzene rings is 5. The van der Waals surface area contributed by atoms with Crippen LogP contribution in [0.1, 0.15) is 80.9 Å². The normalized spacial score (nSPS) is 24.9. The molecule has 284 valence electrons. The van der Waals surface area contributed by atoms with E-state index in [1.807, 2.05) is 0 Å². The minimum absolute atomic E-state index is 0.261. The van der Waals surface area contributed by atoms with Gasteiger partial charge in [0.1, 0.15) is 11.2 Å². The summed E-state index contributed by atoms with van der Waals surface area (Å²) in [5.74, 6) is 2.63. The molecule has 0 bridgehead atoms. The molecule has 4 aliphatic carbocycles. The van der Waals surface area contributed by atoms with E-state index in [9.17, 15) is 0 Å². The second-order valence-electron chi connectivity index (χ2n) is 17.4. The molecule has 0 saturated heterocycles. The molecule has 2 heterocycles. The van der Waals surface area contributed by atoms with Crippen molar-refractivity contribution in [3.63, 3.8) is 0 Å². The first-order valence-electron chi connectivity index (χ1n) is 21.7. The third-order valence-corrected chi connectivity index (χ3v) is 14.2. The van der Waals surface area contributed by atoms with Crippen LogP contribution in [0.25, 0.3) is 49.3 Å². The van der Waals surface area contributed by atoms with Crippen molar-refractivity contribution in [1.29, 1.82) is 0 Å². The molecule has 0 N–H and O–H groups in total. The highest BCUT2D eigenvalue weighted by Gasteiger charge is 2.32. The fourth-order valence-electron chi connectivity index (χ4n) is 11.2. The van der Waals surface area contributed by atoms with Crippen molar-refractivity contribution in [1.82, 2.24) is 4.57 Å². The van der Waals surface area contributed by atoms with Crippen LogP contribution in [0.15, 0.2) is 162 Å². The molecule has 0 spiro atoms. The zero-order chi connectivity index (χ0) is 37.7.